The lowest BCUT2D eigenvalue weighted by Crippen LogP contribution is -1.97. The Labute approximate surface area is 305 Å². The summed E-state index contributed by atoms with van der Waals surface area (Å²) in [5.41, 5.74) is 8.56. The molecule has 53 heavy (non-hydrogen) atoms. The Hall–Kier alpha value is -7.10. The van der Waals surface area contributed by atoms with E-state index in [1.165, 1.54) is 43.1 Å². The standard InChI is InChI=1S/C50H30N2O/c1-2-13-32(14-3-1)45-30-46(35-23-22-31-12-4-5-15-33(31)26-35)52-50(51-45)44-28-36(29-48-49(44)42-20-10-11-21-47(42)53-48)34-24-25-41-39-18-7-6-16-37(39)38-17-8-9-19-40(38)43(41)27-34/h1-30H. The van der Waals surface area contributed by atoms with Crippen LogP contribution in [0.15, 0.2) is 186 Å². The van der Waals surface area contributed by atoms with Crippen LogP contribution in [0.4, 0.5) is 0 Å². The summed E-state index contributed by atoms with van der Waals surface area (Å²) in [6.07, 6.45) is 0. The second-order valence-corrected chi connectivity index (χ2v) is 13.7. The molecule has 3 nitrogen and oxygen atoms in total. The van der Waals surface area contributed by atoms with Crippen LogP contribution >= 0.6 is 0 Å². The van der Waals surface area contributed by atoms with E-state index in [9.17, 15) is 0 Å². The molecule has 0 spiro atoms. The minimum Gasteiger partial charge on any atom is -0.456 e. The van der Waals surface area contributed by atoms with Crippen LogP contribution < -0.4 is 0 Å². The molecule has 2 heterocycles. The van der Waals surface area contributed by atoms with E-state index in [2.05, 4.69) is 164 Å². The first-order valence-corrected chi connectivity index (χ1v) is 18.0. The largest absolute Gasteiger partial charge is 0.456 e. The van der Waals surface area contributed by atoms with Crippen LogP contribution in [0.3, 0.4) is 0 Å². The minimum absolute atomic E-state index is 0.658. The average molecular weight is 675 g/mol. The van der Waals surface area contributed by atoms with Crippen LogP contribution in [0.25, 0.3) is 110 Å². The summed E-state index contributed by atoms with van der Waals surface area (Å²) in [6.45, 7) is 0. The number of benzene rings is 9. The molecule has 11 aromatic rings. The van der Waals surface area contributed by atoms with Gasteiger partial charge in [-0.25, -0.2) is 9.97 Å². The van der Waals surface area contributed by atoms with Crippen molar-refractivity contribution in [1.29, 1.82) is 0 Å². The zero-order valence-electron chi connectivity index (χ0n) is 28.6. The first-order chi connectivity index (χ1) is 26.2. The van der Waals surface area contributed by atoms with E-state index in [-0.39, 0.29) is 0 Å². The molecule has 2 aromatic heterocycles. The third-order valence-corrected chi connectivity index (χ3v) is 10.6. The number of aromatic nitrogens is 2. The van der Waals surface area contributed by atoms with E-state index >= 15 is 0 Å². The van der Waals surface area contributed by atoms with Crippen molar-refractivity contribution in [2.24, 2.45) is 0 Å². The molecular formula is C50H30N2O. The summed E-state index contributed by atoms with van der Waals surface area (Å²) >= 11 is 0. The van der Waals surface area contributed by atoms with Gasteiger partial charge in [0, 0.05) is 27.5 Å². The molecule has 11 rings (SSSR count). The lowest BCUT2D eigenvalue weighted by molar-refractivity contribution is 0.669. The molecule has 0 unspecified atom stereocenters. The molecule has 0 N–H and O–H groups in total. The Morgan fingerprint density at radius 2 is 0.906 bits per heavy atom. The van der Waals surface area contributed by atoms with Crippen LogP contribution in [-0.2, 0) is 0 Å². The predicted octanol–water partition coefficient (Wildman–Crippen LogP) is 13.7. The highest BCUT2D eigenvalue weighted by atomic mass is 16.3. The van der Waals surface area contributed by atoms with Crippen molar-refractivity contribution >= 4 is 65.0 Å². The lowest BCUT2D eigenvalue weighted by Gasteiger charge is -2.14. The fourth-order valence-corrected chi connectivity index (χ4v) is 8.11. The number of hydrogen-bond donors (Lipinski definition) is 0. The Morgan fingerprint density at radius 3 is 1.66 bits per heavy atom. The highest BCUT2D eigenvalue weighted by Crippen LogP contribution is 2.42. The smallest absolute Gasteiger partial charge is 0.161 e. The second kappa shape index (κ2) is 11.7. The van der Waals surface area contributed by atoms with E-state index in [1.54, 1.807) is 0 Å². The Morgan fingerprint density at radius 1 is 0.321 bits per heavy atom. The van der Waals surface area contributed by atoms with Crippen molar-refractivity contribution in [3.8, 4) is 45.0 Å². The fourth-order valence-electron chi connectivity index (χ4n) is 8.11. The third-order valence-electron chi connectivity index (χ3n) is 10.6. The van der Waals surface area contributed by atoms with E-state index < -0.39 is 0 Å². The maximum atomic E-state index is 6.61. The number of furan rings is 1. The zero-order chi connectivity index (χ0) is 34.9. The van der Waals surface area contributed by atoms with Crippen LogP contribution in [-0.4, -0.2) is 9.97 Å². The van der Waals surface area contributed by atoms with Crippen molar-refractivity contribution in [1.82, 2.24) is 9.97 Å². The van der Waals surface area contributed by atoms with Gasteiger partial charge in [-0.15, -0.1) is 0 Å². The van der Waals surface area contributed by atoms with Gasteiger partial charge in [-0.2, -0.15) is 0 Å². The van der Waals surface area contributed by atoms with Gasteiger partial charge in [-0.1, -0.05) is 146 Å². The second-order valence-electron chi connectivity index (χ2n) is 13.7. The first kappa shape index (κ1) is 29.6. The number of para-hydroxylation sites is 1. The van der Waals surface area contributed by atoms with Crippen molar-refractivity contribution in [2.45, 2.75) is 0 Å². The molecule has 0 fully saturated rings. The molecule has 0 bridgehead atoms. The van der Waals surface area contributed by atoms with E-state index in [0.29, 0.717) is 5.82 Å². The number of rotatable bonds is 4. The summed E-state index contributed by atoms with van der Waals surface area (Å²) in [5, 5.41) is 11.9. The first-order valence-electron chi connectivity index (χ1n) is 18.0. The topological polar surface area (TPSA) is 38.9 Å². The van der Waals surface area contributed by atoms with Crippen molar-refractivity contribution in [3.05, 3.63) is 182 Å². The average Bonchev–Trinajstić information content (AvgIpc) is 3.62. The highest BCUT2D eigenvalue weighted by Gasteiger charge is 2.20. The van der Waals surface area contributed by atoms with Gasteiger partial charge >= 0.3 is 0 Å². The van der Waals surface area contributed by atoms with Crippen molar-refractivity contribution in [2.75, 3.05) is 0 Å². The summed E-state index contributed by atoms with van der Waals surface area (Å²) in [4.78, 5) is 10.7. The van der Waals surface area contributed by atoms with E-state index in [0.717, 1.165) is 61.1 Å². The maximum absolute atomic E-state index is 6.61. The Kier molecular flexibility index (Phi) is 6.55. The maximum Gasteiger partial charge on any atom is 0.161 e. The summed E-state index contributed by atoms with van der Waals surface area (Å²) in [6, 6.07) is 64.4. The molecule has 0 aliphatic carbocycles. The number of hydrogen-bond acceptors (Lipinski definition) is 3. The normalized spacial score (nSPS) is 11.8. The van der Waals surface area contributed by atoms with Gasteiger partial charge in [0.25, 0.3) is 0 Å². The van der Waals surface area contributed by atoms with Crippen LogP contribution in [0.5, 0.6) is 0 Å². The molecule has 0 amide bonds. The van der Waals surface area contributed by atoms with Gasteiger partial charge in [0.15, 0.2) is 5.82 Å². The van der Waals surface area contributed by atoms with Gasteiger partial charge < -0.3 is 4.42 Å². The van der Waals surface area contributed by atoms with Gasteiger partial charge in [0.2, 0.25) is 0 Å². The quantitative estimate of drug-likeness (QED) is 0.174. The predicted molar refractivity (Wildman–Crippen MR) is 221 cm³/mol. The van der Waals surface area contributed by atoms with Crippen molar-refractivity contribution in [3.63, 3.8) is 0 Å². The van der Waals surface area contributed by atoms with Crippen LogP contribution in [0.1, 0.15) is 0 Å². The Bertz CT molecular complexity index is 3200. The van der Waals surface area contributed by atoms with Gasteiger partial charge in [-0.3, -0.25) is 0 Å². The number of fused-ring (bicyclic) bond motifs is 10. The monoisotopic (exact) mass is 674 g/mol. The number of nitrogens with zero attached hydrogens (tertiary/aromatic N) is 2. The van der Waals surface area contributed by atoms with E-state index in [4.69, 9.17) is 14.4 Å². The molecule has 0 saturated heterocycles. The summed E-state index contributed by atoms with van der Waals surface area (Å²) in [7, 11) is 0. The molecular weight excluding hydrogens is 645 g/mol. The fraction of sp³-hybridized carbons (Fsp3) is 0. The highest BCUT2D eigenvalue weighted by molar-refractivity contribution is 6.26. The molecule has 0 radical (unpaired) electrons. The molecule has 0 aliphatic rings. The Balaban J connectivity index is 1.19. The zero-order valence-corrected chi connectivity index (χ0v) is 28.6. The molecule has 0 saturated carbocycles. The van der Waals surface area contributed by atoms with Gasteiger partial charge in [0.1, 0.15) is 11.2 Å². The molecule has 9 aromatic carbocycles. The van der Waals surface area contributed by atoms with Crippen molar-refractivity contribution < 1.29 is 4.42 Å². The van der Waals surface area contributed by atoms with Crippen LogP contribution in [0, 0.1) is 0 Å². The molecule has 246 valence electrons. The third kappa shape index (κ3) is 4.82. The van der Waals surface area contributed by atoms with Crippen LogP contribution in [0.2, 0.25) is 0 Å². The molecule has 3 heteroatoms. The molecule has 0 atom stereocenters. The summed E-state index contributed by atoms with van der Waals surface area (Å²) in [5.74, 6) is 0.658. The SMILES string of the molecule is c1ccc(-c2cc(-c3ccc4ccccc4c3)nc(-c3cc(-c4ccc5c6ccccc6c6ccccc6c5c4)cc4oc5ccccc5c34)n2)cc1. The van der Waals surface area contributed by atoms with Gasteiger partial charge in [0.05, 0.1) is 11.4 Å². The lowest BCUT2D eigenvalue weighted by atomic mass is 9.91. The summed E-state index contributed by atoms with van der Waals surface area (Å²) < 4.78 is 6.61. The minimum atomic E-state index is 0.658. The molecule has 0 aliphatic heterocycles. The van der Waals surface area contributed by atoms with Gasteiger partial charge in [-0.05, 0) is 90.6 Å². The van der Waals surface area contributed by atoms with E-state index in [1.807, 2.05) is 18.2 Å².